The molecule has 8 heteroatoms. The number of carbonyl (C=O) groups is 1. The molecule has 2 aromatic carbocycles. The number of aliphatic imine (C=N–C) groups is 1. The summed E-state index contributed by atoms with van der Waals surface area (Å²) in [5, 5.41) is 7.96. The topological polar surface area (TPSA) is 105 Å². The molecular formula is C23H30IN5O2. The Morgan fingerprint density at radius 1 is 1.16 bits per heavy atom. The average molecular weight is 535 g/mol. The molecule has 1 heterocycles. The molecule has 0 saturated heterocycles. The van der Waals surface area contributed by atoms with Gasteiger partial charge in [0.15, 0.2) is 12.6 Å². The van der Waals surface area contributed by atoms with E-state index in [1.54, 1.807) is 6.07 Å². The van der Waals surface area contributed by atoms with Gasteiger partial charge >= 0.3 is 0 Å². The van der Waals surface area contributed by atoms with E-state index in [0.29, 0.717) is 12.3 Å². The normalized spacial score (nSPS) is 11.1. The third-order valence-corrected chi connectivity index (χ3v) is 4.74. The van der Waals surface area contributed by atoms with Crippen LogP contribution in [0.5, 0.6) is 5.75 Å². The second-order valence-corrected chi connectivity index (χ2v) is 7.05. The highest BCUT2D eigenvalue weighted by Crippen LogP contribution is 2.21. The average Bonchev–Trinajstić information content (AvgIpc) is 3.06. The molecule has 166 valence electrons. The van der Waals surface area contributed by atoms with Crippen LogP contribution in [-0.4, -0.2) is 36.5 Å². The third-order valence-electron chi connectivity index (χ3n) is 4.74. The van der Waals surface area contributed by atoms with Gasteiger partial charge in [-0.05, 0) is 49.6 Å². The first-order chi connectivity index (χ1) is 14.6. The molecule has 5 N–H and O–H groups in total. The van der Waals surface area contributed by atoms with E-state index in [1.165, 1.54) is 22.2 Å². The number of guanidine groups is 1. The van der Waals surface area contributed by atoms with Crippen LogP contribution in [0.15, 0.2) is 53.5 Å². The van der Waals surface area contributed by atoms with Gasteiger partial charge in [-0.3, -0.25) is 4.79 Å². The van der Waals surface area contributed by atoms with E-state index in [-0.39, 0.29) is 30.6 Å². The van der Waals surface area contributed by atoms with Crippen molar-refractivity contribution in [3.63, 3.8) is 0 Å². The van der Waals surface area contributed by atoms with Crippen LogP contribution in [0.25, 0.3) is 10.9 Å². The standard InChI is InChI=1S/C23H29N5O2.HI/c1-3-25-23(27-14-17-7-6-8-18(13-17)30-15-22(24)29)26-12-11-19-16(2)28-21-10-5-4-9-20(19)21;/h4-10,13,28H,3,11-12,14-15H2,1-2H3,(H2,24,29)(H2,25,26,27);1H. The van der Waals surface area contributed by atoms with Crippen molar-refractivity contribution in [1.82, 2.24) is 15.6 Å². The molecule has 3 rings (SSSR count). The maximum Gasteiger partial charge on any atom is 0.255 e. The summed E-state index contributed by atoms with van der Waals surface area (Å²) in [5.41, 5.74) is 9.81. The van der Waals surface area contributed by atoms with Crippen LogP contribution in [0, 0.1) is 6.92 Å². The number of nitrogens with zero attached hydrogens (tertiary/aromatic N) is 1. The summed E-state index contributed by atoms with van der Waals surface area (Å²) in [7, 11) is 0. The minimum atomic E-state index is -0.498. The largest absolute Gasteiger partial charge is 0.484 e. The molecule has 0 fully saturated rings. The zero-order valence-corrected chi connectivity index (χ0v) is 20.2. The van der Waals surface area contributed by atoms with Crippen molar-refractivity contribution < 1.29 is 9.53 Å². The summed E-state index contributed by atoms with van der Waals surface area (Å²) in [6.45, 7) is 6.07. The second kappa shape index (κ2) is 12.2. The highest BCUT2D eigenvalue weighted by Gasteiger charge is 2.08. The number of aryl methyl sites for hydroxylation is 1. The molecule has 0 spiro atoms. The first-order valence-corrected chi connectivity index (χ1v) is 10.1. The second-order valence-electron chi connectivity index (χ2n) is 7.05. The summed E-state index contributed by atoms with van der Waals surface area (Å²) >= 11 is 0. The van der Waals surface area contributed by atoms with E-state index in [1.807, 2.05) is 31.2 Å². The zero-order valence-electron chi connectivity index (χ0n) is 17.9. The Morgan fingerprint density at radius 3 is 2.74 bits per heavy atom. The van der Waals surface area contributed by atoms with Crippen LogP contribution >= 0.6 is 24.0 Å². The number of aromatic nitrogens is 1. The monoisotopic (exact) mass is 535 g/mol. The molecule has 0 bridgehead atoms. The first kappa shape index (κ1) is 24.5. The van der Waals surface area contributed by atoms with Crippen LogP contribution in [0.2, 0.25) is 0 Å². The van der Waals surface area contributed by atoms with Crippen molar-refractivity contribution in [2.75, 3.05) is 19.7 Å². The van der Waals surface area contributed by atoms with E-state index in [9.17, 15) is 4.79 Å². The van der Waals surface area contributed by atoms with Gasteiger partial charge in [0.1, 0.15) is 5.75 Å². The molecule has 1 amide bonds. The van der Waals surface area contributed by atoms with Crippen molar-refractivity contribution >= 4 is 46.7 Å². The highest BCUT2D eigenvalue weighted by molar-refractivity contribution is 14.0. The molecule has 3 aromatic rings. The number of nitrogens with two attached hydrogens (primary N) is 1. The Morgan fingerprint density at radius 2 is 1.97 bits per heavy atom. The van der Waals surface area contributed by atoms with E-state index in [4.69, 9.17) is 10.5 Å². The first-order valence-electron chi connectivity index (χ1n) is 10.1. The molecule has 1 aromatic heterocycles. The lowest BCUT2D eigenvalue weighted by Gasteiger charge is -2.12. The predicted molar refractivity (Wildman–Crippen MR) is 136 cm³/mol. The smallest absolute Gasteiger partial charge is 0.255 e. The Hall–Kier alpha value is -2.75. The van der Waals surface area contributed by atoms with Gasteiger partial charge in [-0.1, -0.05) is 30.3 Å². The van der Waals surface area contributed by atoms with Crippen LogP contribution in [0.4, 0.5) is 0 Å². The molecule has 0 aliphatic carbocycles. The van der Waals surface area contributed by atoms with Gasteiger partial charge < -0.3 is 26.1 Å². The number of aromatic amines is 1. The van der Waals surface area contributed by atoms with E-state index < -0.39 is 5.91 Å². The Kier molecular flexibility index (Phi) is 9.64. The van der Waals surface area contributed by atoms with E-state index in [2.05, 4.69) is 45.7 Å². The number of hydrogen-bond donors (Lipinski definition) is 4. The van der Waals surface area contributed by atoms with Gasteiger partial charge in [0.2, 0.25) is 0 Å². The minimum absolute atomic E-state index is 0. The fourth-order valence-electron chi connectivity index (χ4n) is 3.36. The van der Waals surface area contributed by atoms with Gasteiger partial charge in [-0.15, -0.1) is 24.0 Å². The van der Waals surface area contributed by atoms with Gasteiger partial charge in [0.05, 0.1) is 6.54 Å². The van der Waals surface area contributed by atoms with Crippen molar-refractivity contribution in [3.05, 3.63) is 65.4 Å². The third kappa shape index (κ3) is 7.16. The number of hydrogen-bond acceptors (Lipinski definition) is 3. The highest BCUT2D eigenvalue weighted by atomic mass is 127. The summed E-state index contributed by atoms with van der Waals surface area (Å²) in [4.78, 5) is 19.0. The number of amides is 1. The van der Waals surface area contributed by atoms with Gasteiger partial charge in [-0.2, -0.15) is 0 Å². The van der Waals surface area contributed by atoms with Crippen LogP contribution in [-0.2, 0) is 17.8 Å². The number of fused-ring (bicyclic) bond motifs is 1. The van der Waals surface area contributed by atoms with Gasteiger partial charge in [0, 0.05) is 29.7 Å². The van der Waals surface area contributed by atoms with Crippen molar-refractivity contribution in [2.24, 2.45) is 10.7 Å². The SMILES string of the molecule is CCNC(=NCc1cccc(OCC(N)=O)c1)NCCc1c(C)[nH]c2ccccc12.I. The molecule has 0 unspecified atom stereocenters. The Balaban J connectivity index is 0.00000341. The van der Waals surface area contributed by atoms with Crippen molar-refractivity contribution in [1.29, 1.82) is 0 Å². The molecule has 0 aliphatic rings. The lowest BCUT2D eigenvalue weighted by Crippen LogP contribution is -2.38. The number of carbonyl (C=O) groups excluding carboxylic acids is 1. The molecule has 0 saturated carbocycles. The number of primary amides is 1. The number of ether oxygens (including phenoxy) is 1. The lowest BCUT2D eigenvalue weighted by atomic mass is 10.1. The lowest BCUT2D eigenvalue weighted by molar-refractivity contribution is -0.119. The zero-order chi connectivity index (χ0) is 21.3. The molecule has 0 aliphatic heterocycles. The summed E-state index contributed by atoms with van der Waals surface area (Å²) in [6.07, 6.45) is 0.900. The quantitative estimate of drug-likeness (QED) is 0.192. The number of benzene rings is 2. The fourth-order valence-corrected chi connectivity index (χ4v) is 3.36. The Bertz CT molecular complexity index is 1030. The fraction of sp³-hybridized carbons (Fsp3) is 0.304. The van der Waals surface area contributed by atoms with Crippen molar-refractivity contribution in [3.8, 4) is 5.75 Å². The Labute approximate surface area is 199 Å². The van der Waals surface area contributed by atoms with Gasteiger partial charge in [-0.25, -0.2) is 4.99 Å². The van der Waals surface area contributed by atoms with Gasteiger partial charge in [0.25, 0.3) is 5.91 Å². The van der Waals surface area contributed by atoms with Crippen LogP contribution in [0.1, 0.15) is 23.7 Å². The number of rotatable bonds is 9. The molecule has 0 radical (unpaired) electrons. The number of nitrogens with one attached hydrogen (secondary N) is 3. The summed E-state index contributed by atoms with van der Waals surface area (Å²) in [5.74, 6) is 0.871. The predicted octanol–water partition coefficient (Wildman–Crippen LogP) is 3.26. The van der Waals surface area contributed by atoms with Crippen LogP contribution in [0.3, 0.4) is 0 Å². The van der Waals surface area contributed by atoms with E-state index in [0.717, 1.165) is 31.0 Å². The summed E-state index contributed by atoms with van der Waals surface area (Å²) < 4.78 is 5.36. The molecule has 7 nitrogen and oxygen atoms in total. The summed E-state index contributed by atoms with van der Waals surface area (Å²) in [6, 6.07) is 15.9. The number of halogens is 1. The van der Waals surface area contributed by atoms with Crippen LogP contribution < -0.4 is 21.1 Å². The number of H-pyrrole nitrogens is 1. The molecule has 31 heavy (non-hydrogen) atoms. The van der Waals surface area contributed by atoms with E-state index >= 15 is 0 Å². The molecular weight excluding hydrogens is 505 g/mol. The minimum Gasteiger partial charge on any atom is -0.484 e. The van der Waals surface area contributed by atoms with Crippen molar-refractivity contribution in [2.45, 2.75) is 26.8 Å². The number of para-hydroxylation sites is 1. The maximum absolute atomic E-state index is 10.9. The molecule has 0 atom stereocenters. The maximum atomic E-state index is 10.9.